The van der Waals surface area contributed by atoms with Crippen LogP contribution < -0.4 is 14.2 Å². The van der Waals surface area contributed by atoms with Gasteiger partial charge in [0.15, 0.2) is 0 Å². The zero-order chi connectivity index (χ0) is 23.4. The van der Waals surface area contributed by atoms with Crippen LogP contribution in [0.4, 0.5) is 0 Å². The largest absolute Gasteiger partial charge is 0.497 e. The number of carbonyl (C=O) groups is 1. The van der Waals surface area contributed by atoms with Gasteiger partial charge in [-0.25, -0.2) is 13.1 Å². The van der Waals surface area contributed by atoms with Crippen LogP contribution in [0.5, 0.6) is 11.5 Å². The van der Waals surface area contributed by atoms with E-state index in [-0.39, 0.29) is 11.3 Å². The molecule has 1 aromatic heterocycles. The van der Waals surface area contributed by atoms with Gasteiger partial charge in [0.25, 0.3) is 10.0 Å². The van der Waals surface area contributed by atoms with E-state index in [9.17, 15) is 13.2 Å². The molecule has 1 unspecified atom stereocenters. The van der Waals surface area contributed by atoms with E-state index in [1.807, 2.05) is 0 Å². The molecule has 0 aliphatic carbocycles. The first-order valence-electron chi connectivity index (χ1n) is 9.95. The molecule has 0 fully saturated rings. The number of methoxy groups -OCH3 is 2. The first-order chi connectivity index (χ1) is 15.9. The maximum Gasteiger partial charge on any atom is 0.264 e. The van der Waals surface area contributed by atoms with E-state index in [1.165, 1.54) is 12.1 Å². The molecule has 170 valence electrons. The Morgan fingerprint density at radius 3 is 2.27 bits per heavy atom. The van der Waals surface area contributed by atoms with Gasteiger partial charge in [-0.2, -0.15) is 8.75 Å². The molecule has 3 aromatic carbocycles. The van der Waals surface area contributed by atoms with Crippen molar-refractivity contribution in [3.8, 4) is 11.5 Å². The van der Waals surface area contributed by atoms with Gasteiger partial charge in [-0.15, -0.1) is 0 Å². The molecule has 1 N–H and O–H groups in total. The topological polar surface area (TPSA) is 107 Å². The number of carbonyl (C=O) groups excluding carboxylic acids is 1. The second kappa shape index (κ2) is 9.55. The molecule has 0 spiro atoms. The summed E-state index contributed by atoms with van der Waals surface area (Å²) in [6.45, 7) is 0. The fourth-order valence-electron chi connectivity index (χ4n) is 3.46. The quantitative estimate of drug-likeness (QED) is 0.408. The van der Waals surface area contributed by atoms with Gasteiger partial charge >= 0.3 is 0 Å². The summed E-state index contributed by atoms with van der Waals surface area (Å²) in [5, 5.41) is 0. The van der Waals surface area contributed by atoms with Crippen LogP contribution in [0.15, 0.2) is 71.6 Å². The van der Waals surface area contributed by atoms with Crippen LogP contribution in [-0.2, 0) is 21.2 Å². The van der Waals surface area contributed by atoms with Crippen molar-refractivity contribution in [2.45, 2.75) is 17.2 Å². The third kappa shape index (κ3) is 5.12. The van der Waals surface area contributed by atoms with Crippen LogP contribution in [0.2, 0.25) is 0 Å². The van der Waals surface area contributed by atoms with Crippen molar-refractivity contribution in [2.75, 3.05) is 14.2 Å². The van der Waals surface area contributed by atoms with Crippen molar-refractivity contribution in [1.82, 2.24) is 13.5 Å². The molecule has 33 heavy (non-hydrogen) atoms. The third-order valence-electron chi connectivity index (χ3n) is 5.14. The maximum atomic E-state index is 13.3. The minimum Gasteiger partial charge on any atom is -0.497 e. The zero-order valence-corrected chi connectivity index (χ0v) is 19.5. The highest BCUT2D eigenvalue weighted by molar-refractivity contribution is 7.90. The van der Waals surface area contributed by atoms with E-state index in [4.69, 9.17) is 9.47 Å². The van der Waals surface area contributed by atoms with Crippen LogP contribution in [0, 0.1) is 0 Å². The van der Waals surface area contributed by atoms with Gasteiger partial charge in [0, 0.05) is 6.07 Å². The van der Waals surface area contributed by atoms with Crippen LogP contribution in [0.1, 0.15) is 17.0 Å². The van der Waals surface area contributed by atoms with E-state index in [2.05, 4.69) is 13.5 Å². The summed E-state index contributed by atoms with van der Waals surface area (Å²) >= 11 is 1.07. The Hall–Kier alpha value is -3.50. The number of fused-ring (bicyclic) bond motifs is 1. The predicted octanol–water partition coefficient (Wildman–Crippen LogP) is 3.54. The first-order valence-corrected chi connectivity index (χ1v) is 12.2. The van der Waals surface area contributed by atoms with Gasteiger partial charge < -0.3 is 9.47 Å². The predicted molar refractivity (Wildman–Crippen MR) is 125 cm³/mol. The van der Waals surface area contributed by atoms with Crippen molar-refractivity contribution in [3.05, 3.63) is 77.9 Å². The van der Waals surface area contributed by atoms with Crippen molar-refractivity contribution < 1.29 is 22.7 Å². The molecule has 0 saturated heterocycles. The van der Waals surface area contributed by atoms with Crippen molar-refractivity contribution in [2.24, 2.45) is 0 Å². The number of nitrogens with zero attached hydrogens (tertiary/aromatic N) is 2. The lowest BCUT2D eigenvalue weighted by Gasteiger charge is -2.18. The average Bonchev–Trinajstić information content (AvgIpc) is 3.30. The molecule has 0 radical (unpaired) electrons. The number of nitrogens with one attached hydrogen (secondary N) is 1. The van der Waals surface area contributed by atoms with Gasteiger partial charge in [0.2, 0.25) is 5.91 Å². The second-order valence-electron chi connectivity index (χ2n) is 7.27. The summed E-state index contributed by atoms with van der Waals surface area (Å²) in [4.78, 5) is 13.3. The van der Waals surface area contributed by atoms with Crippen LogP contribution in [0.3, 0.4) is 0 Å². The third-order valence-corrected chi connectivity index (χ3v) is 7.06. The molecular weight excluding hydrogens is 462 g/mol. The molecule has 0 aliphatic heterocycles. The number of hydrogen-bond acceptors (Lipinski definition) is 8. The standard InChI is InChI=1S/C23H21N3O5S2/c1-30-17-10-15(11-18(14-17)31-2)12-20(16-8-9-21-22(13-16)25-32-24-21)23(27)26-33(28,29)19-6-4-3-5-7-19/h3-11,13-14,20H,12H2,1-2H3,(H,26,27). The fraction of sp³-hybridized carbons (Fsp3) is 0.174. The van der Waals surface area contributed by atoms with Crippen LogP contribution in [0.25, 0.3) is 11.0 Å². The number of amides is 1. The van der Waals surface area contributed by atoms with E-state index in [1.54, 1.807) is 68.8 Å². The number of hydrogen-bond donors (Lipinski definition) is 1. The summed E-state index contributed by atoms with van der Waals surface area (Å²) in [7, 11) is -0.957. The van der Waals surface area contributed by atoms with Crippen molar-refractivity contribution in [3.63, 3.8) is 0 Å². The first kappa shape index (κ1) is 22.7. The highest BCUT2D eigenvalue weighted by Crippen LogP contribution is 2.29. The number of benzene rings is 3. The summed E-state index contributed by atoms with van der Waals surface area (Å²) in [6.07, 6.45) is 0.215. The molecule has 4 rings (SSSR count). The second-order valence-corrected chi connectivity index (χ2v) is 9.48. The van der Waals surface area contributed by atoms with Gasteiger partial charge in [-0.05, 0) is 53.9 Å². The van der Waals surface area contributed by atoms with Crippen molar-refractivity contribution in [1.29, 1.82) is 0 Å². The van der Waals surface area contributed by atoms with Gasteiger partial charge in [-0.1, -0.05) is 24.3 Å². The summed E-state index contributed by atoms with van der Waals surface area (Å²) in [5.41, 5.74) is 2.73. The molecule has 0 saturated carbocycles. The Bertz CT molecular complexity index is 1370. The zero-order valence-electron chi connectivity index (χ0n) is 17.9. The van der Waals surface area contributed by atoms with E-state index in [0.717, 1.165) is 17.3 Å². The maximum absolute atomic E-state index is 13.3. The molecule has 1 amide bonds. The smallest absolute Gasteiger partial charge is 0.264 e. The van der Waals surface area contributed by atoms with Crippen LogP contribution in [-0.4, -0.2) is 37.3 Å². The molecule has 1 heterocycles. The fourth-order valence-corrected chi connectivity index (χ4v) is 5.02. The molecule has 4 aromatic rings. The summed E-state index contributed by atoms with van der Waals surface area (Å²) in [5.74, 6) is -0.325. The van der Waals surface area contributed by atoms with Crippen molar-refractivity contribution >= 4 is 38.7 Å². The monoisotopic (exact) mass is 483 g/mol. The minimum atomic E-state index is -4.04. The Morgan fingerprint density at radius 1 is 0.939 bits per heavy atom. The molecule has 1 atom stereocenters. The summed E-state index contributed by atoms with van der Waals surface area (Å²) < 4.78 is 47.0. The normalized spacial score (nSPS) is 12.3. The molecule has 10 heteroatoms. The van der Waals surface area contributed by atoms with E-state index in [0.29, 0.717) is 28.1 Å². The van der Waals surface area contributed by atoms with Gasteiger partial charge in [0.05, 0.1) is 36.8 Å². The Balaban J connectivity index is 1.72. The Labute approximate surface area is 195 Å². The van der Waals surface area contributed by atoms with Gasteiger partial charge in [-0.3, -0.25) is 4.79 Å². The highest BCUT2D eigenvalue weighted by Gasteiger charge is 2.27. The van der Waals surface area contributed by atoms with Crippen LogP contribution >= 0.6 is 11.7 Å². The molecule has 8 nitrogen and oxygen atoms in total. The van der Waals surface area contributed by atoms with E-state index < -0.39 is 21.8 Å². The number of rotatable bonds is 8. The number of aromatic nitrogens is 2. The Kier molecular flexibility index (Phi) is 6.57. The average molecular weight is 484 g/mol. The lowest BCUT2D eigenvalue weighted by atomic mass is 9.91. The number of sulfonamides is 1. The SMILES string of the molecule is COc1cc(CC(C(=O)NS(=O)(=O)c2ccccc2)c2ccc3nsnc3c2)cc(OC)c1. The van der Waals surface area contributed by atoms with E-state index >= 15 is 0 Å². The van der Waals surface area contributed by atoms with Gasteiger partial charge in [0.1, 0.15) is 22.5 Å². The molecular formula is C23H21N3O5S2. The molecule has 0 bridgehead atoms. The summed E-state index contributed by atoms with van der Waals surface area (Å²) in [6, 6.07) is 18.4. The highest BCUT2D eigenvalue weighted by atomic mass is 32.2. The minimum absolute atomic E-state index is 0.0132. The molecule has 0 aliphatic rings. The number of ether oxygens (including phenoxy) is 2. The Morgan fingerprint density at radius 2 is 1.61 bits per heavy atom. The lowest BCUT2D eigenvalue weighted by Crippen LogP contribution is -2.35. The lowest BCUT2D eigenvalue weighted by molar-refractivity contribution is -0.120.